The van der Waals surface area contributed by atoms with Gasteiger partial charge in [-0.3, -0.25) is 9.59 Å². The summed E-state index contributed by atoms with van der Waals surface area (Å²) in [5.41, 5.74) is 5.56. The van der Waals surface area contributed by atoms with Crippen LogP contribution in [-0.2, 0) is 4.79 Å². The van der Waals surface area contributed by atoms with Gasteiger partial charge in [-0.1, -0.05) is 0 Å². The van der Waals surface area contributed by atoms with E-state index in [1.165, 1.54) is 6.42 Å². The number of benzene rings is 1. The van der Waals surface area contributed by atoms with Gasteiger partial charge in [-0.25, -0.2) is 0 Å². The van der Waals surface area contributed by atoms with E-state index in [4.69, 9.17) is 10.5 Å². The lowest BCUT2D eigenvalue weighted by Gasteiger charge is -2.10. The summed E-state index contributed by atoms with van der Waals surface area (Å²) in [6.45, 7) is 2.76. The molecule has 1 heterocycles. The van der Waals surface area contributed by atoms with Crippen LogP contribution in [0.25, 0.3) is 0 Å². The van der Waals surface area contributed by atoms with E-state index in [9.17, 15) is 9.59 Å². The molecule has 0 radical (unpaired) electrons. The Morgan fingerprint density at radius 3 is 2.71 bits per heavy atom. The van der Waals surface area contributed by atoms with E-state index in [-0.39, 0.29) is 12.5 Å². The van der Waals surface area contributed by atoms with Crippen LogP contribution >= 0.6 is 0 Å². The molecule has 6 nitrogen and oxygen atoms in total. The van der Waals surface area contributed by atoms with Gasteiger partial charge in [0.25, 0.3) is 5.91 Å². The third-order valence-electron chi connectivity index (χ3n) is 3.55. The van der Waals surface area contributed by atoms with Gasteiger partial charge in [0.15, 0.2) is 6.61 Å². The lowest BCUT2D eigenvalue weighted by Crippen LogP contribution is -2.30. The molecule has 6 heteroatoms. The van der Waals surface area contributed by atoms with Gasteiger partial charge >= 0.3 is 0 Å². The van der Waals surface area contributed by atoms with Gasteiger partial charge in [0.05, 0.1) is 0 Å². The monoisotopic (exact) mass is 291 g/mol. The zero-order valence-electron chi connectivity index (χ0n) is 11.9. The van der Waals surface area contributed by atoms with Crippen LogP contribution in [0.5, 0.6) is 5.75 Å². The highest BCUT2D eigenvalue weighted by atomic mass is 16.5. The van der Waals surface area contributed by atoms with Crippen molar-refractivity contribution in [2.75, 3.05) is 26.2 Å². The summed E-state index contributed by atoms with van der Waals surface area (Å²) in [7, 11) is 0. The number of amides is 2. The molecule has 0 aromatic heterocycles. The topological polar surface area (TPSA) is 93.5 Å². The SMILES string of the molecule is NC(=O)c1ccc(OCC(=O)NCCC2CCNC2)cc1. The molecule has 1 atom stereocenters. The van der Waals surface area contributed by atoms with Gasteiger partial charge in [0.1, 0.15) is 5.75 Å². The van der Waals surface area contributed by atoms with Gasteiger partial charge in [0.2, 0.25) is 5.91 Å². The van der Waals surface area contributed by atoms with Crippen molar-refractivity contribution in [2.45, 2.75) is 12.8 Å². The van der Waals surface area contributed by atoms with E-state index in [1.807, 2.05) is 0 Å². The Morgan fingerprint density at radius 2 is 2.10 bits per heavy atom. The first kappa shape index (κ1) is 15.3. The van der Waals surface area contributed by atoms with Gasteiger partial charge in [-0.05, 0) is 56.1 Å². The zero-order valence-corrected chi connectivity index (χ0v) is 11.9. The Labute approximate surface area is 124 Å². The van der Waals surface area contributed by atoms with Crippen molar-refractivity contribution in [3.63, 3.8) is 0 Å². The Bertz CT molecular complexity index is 481. The van der Waals surface area contributed by atoms with E-state index < -0.39 is 5.91 Å². The number of nitrogens with two attached hydrogens (primary N) is 1. The number of nitrogens with one attached hydrogen (secondary N) is 2. The van der Waals surface area contributed by atoms with E-state index in [0.29, 0.717) is 23.8 Å². The molecule has 1 unspecified atom stereocenters. The van der Waals surface area contributed by atoms with Crippen LogP contribution in [0, 0.1) is 5.92 Å². The fraction of sp³-hybridized carbons (Fsp3) is 0.467. The zero-order chi connectivity index (χ0) is 15.1. The first-order valence-corrected chi connectivity index (χ1v) is 7.15. The molecule has 2 rings (SSSR count). The summed E-state index contributed by atoms with van der Waals surface area (Å²) in [6, 6.07) is 6.39. The van der Waals surface area contributed by atoms with Crippen LogP contribution in [0.1, 0.15) is 23.2 Å². The number of carbonyl (C=O) groups is 2. The van der Waals surface area contributed by atoms with Crippen LogP contribution < -0.4 is 21.1 Å². The number of hydrogen-bond acceptors (Lipinski definition) is 4. The molecule has 1 aromatic rings. The molecule has 0 spiro atoms. The summed E-state index contributed by atoms with van der Waals surface area (Å²) in [5, 5.41) is 6.14. The first-order chi connectivity index (χ1) is 10.1. The van der Waals surface area contributed by atoms with Crippen LogP contribution in [0.15, 0.2) is 24.3 Å². The maximum atomic E-state index is 11.6. The number of carbonyl (C=O) groups excluding carboxylic acids is 2. The molecule has 1 fully saturated rings. The van der Waals surface area contributed by atoms with Crippen molar-refractivity contribution in [1.29, 1.82) is 0 Å². The molecule has 114 valence electrons. The fourth-order valence-corrected chi connectivity index (χ4v) is 2.29. The molecule has 1 aliphatic heterocycles. The van der Waals surface area contributed by atoms with Crippen LogP contribution in [0.4, 0.5) is 0 Å². The fourth-order valence-electron chi connectivity index (χ4n) is 2.29. The molecule has 4 N–H and O–H groups in total. The highest BCUT2D eigenvalue weighted by molar-refractivity contribution is 5.92. The Morgan fingerprint density at radius 1 is 1.33 bits per heavy atom. The Kier molecular flexibility index (Phi) is 5.57. The van der Waals surface area contributed by atoms with Crippen molar-refractivity contribution in [3.8, 4) is 5.75 Å². The second kappa shape index (κ2) is 7.64. The molecule has 1 saturated heterocycles. The van der Waals surface area contributed by atoms with Crippen molar-refractivity contribution < 1.29 is 14.3 Å². The largest absolute Gasteiger partial charge is 0.484 e. The highest BCUT2D eigenvalue weighted by Crippen LogP contribution is 2.12. The predicted octanol–water partition coefficient (Wildman–Crippen LogP) is 0.280. The second-order valence-corrected chi connectivity index (χ2v) is 5.17. The standard InChI is InChI=1S/C15H21N3O3/c16-15(20)12-1-3-13(4-2-12)21-10-14(19)18-8-6-11-5-7-17-9-11/h1-4,11,17H,5-10H2,(H2,16,20)(H,18,19). The predicted molar refractivity (Wildman–Crippen MR) is 79.1 cm³/mol. The Hall–Kier alpha value is -2.08. The summed E-state index contributed by atoms with van der Waals surface area (Å²) in [5.74, 6) is 0.573. The lowest BCUT2D eigenvalue weighted by atomic mass is 10.1. The summed E-state index contributed by atoms with van der Waals surface area (Å²) in [4.78, 5) is 22.6. The normalized spacial score (nSPS) is 17.4. The quantitative estimate of drug-likeness (QED) is 0.672. The molecule has 2 amide bonds. The molecule has 0 saturated carbocycles. The average molecular weight is 291 g/mol. The van der Waals surface area contributed by atoms with Crippen molar-refractivity contribution in [2.24, 2.45) is 11.7 Å². The van der Waals surface area contributed by atoms with E-state index in [2.05, 4.69) is 10.6 Å². The second-order valence-electron chi connectivity index (χ2n) is 5.17. The van der Waals surface area contributed by atoms with Gasteiger partial charge in [0, 0.05) is 12.1 Å². The molecule has 0 bridgehead atoms. The molecular weight excluding hydrogens is 270 g/mol. The van der Waals surface area contributed by atoms with Gasteiger partial charge < -0.3 is 21.1 Å². The number of rotatable bonds is 7. The molecule has 21 heavy (non-hydrogen) atoms. The Balaban J connectivity index is 1.64. The molecular formula is C15H21N3O3. The first-order valence-electron chi connectivity index (χ1n) is 7.15. The van der Waals surface area contributed by atoms with Crippen LogP contribution in [-0.4, -0.2) is 38.1 Å². The van der Waals surface area contributed by atoms with E-state index in [1.54, 1.807) is 24.3 Å². The average Bonchev–Trinajstić information content (AvgIpc) is 2.99. The van der Waals surface area contributed by atoms with Gasteiger partial charge in [-0.15, -0.1) is 0 Å². The molecule has 0 aliphatic carbocycles. The number of primary amides is 1. The minimum atomic E-state index is -0.485. The van der Waals surface area contributed by atoms with Gasteiger partial charge in [-0.2, -0.15) is 0 Å². The molecule has 1 aromatic carbocycles. The molecule has 1 aliphatic rings. The number of ether oxygens (including phenoxy) is 1. The van der Waals surface area contributed by atoms with Crippen molar-refractivity contribution in [1.82, 2.24) is 10.6 Å². The third-order valence-corrected chi connectivity index (χ3v) is 3.55. The third kappa shape index (κ3) is 5.07. The van der Waals surface area contributed by atoms with Crippen LogP contribution in [0.3, 0.4) is 0 Å². The summed E-state index contributed by atoms with van der Waals surface area (Å²) >= 11 is 0. The summed E-state index contributed by atoms with van der Waals surface area (Å²) in [6.07, 6.45) is 2.17. The lowest BCUT2D eigenvalue weighted by molar-refractivity contribution is -0.123. The summed E-state index contributed by atoms with van der Waals surface area (Å²) < 4.78 is 5.35. The smallest absolute Gasteiger partial charge is 0.257 e. The van der Waals surface area contributed by atoms with E-state index >= 15 is 0 Å². The maximum absolute atomic E-state index is 11.6. The minimum absolute atomic E-state index is 0.0289. The highest BCUT2D eigenvalue weighted by Gasteiger charge is 2.14. The van der Waals surface area contributed by atoms with E-state index in [0.717, 1.165) is 19.5 Å². The van der Waals surface area contributed by atoms with Crippen molar-refractivity contribution in [3.05, 3.63) is 29.8 Å². The maximum Gasteiger partial charge on any atom is 0.257 e. The minimum Gasteiger partial charge on any atom is -0.484 e. The van der Waals surface area contributed by atoms with Crippen molar-refractivity contribution >= 4 is 11.8 Å². The number of hydrogen-bond donors (Lipinski definition) is 3. The van der Waals surface area contributed by atoms with Crippen LogP contribution in [0.2, 0.25) is 0 Å².